The number of piperidine rings is 1. The van der Waals surface area contributed by atoms with Gasteiger partial charge in [-0.3, -0.25) is 9.59 Å². The molecule has 2 amide bonds. The van der Waals surface area contributed by atoms with E-state index in [1.165, 1.54) is 19.1 Å². The quantitative estimate of drug-likeness (QED) is 0.718. The summed E-state index contributed by atoms with van der Waals surface area (Å²) in [6, 6.07) is 7.79. The first-order valence-corrected chi connectivity index (χ1v) is 9.68. The lowest BCUT2D eigenvalue weighted by Gasteiger charge is -2.40. The summed E-state index contributed by atoms with van der Waals surface area (Å²) >= 11 is 0. The summed E-state index contributed by atoms with van der Waals surface area (Å²) in [5, 5.41) is 7.01. The van der Waals surface area contributed by atoms with Gasteiger partial charge in [0, 0.05) is 51.7 Å². The van der Waals surface area contributed by atoms with Crippen molar-refractivity contribution < 1.29 is 23.2 Å². The largest absolute Gasteiger partial charge is 0.383 e. The number of carbonyl (C=O) groups excluding carboxylic acids is 2. The molecule has 0 radical (unpaired) electrons. The predicted octanol–water partition coefficient (Wildman–Crippen LogP) is 2.41. The number of ether oxygens (including phenoxy) is 1. The van der Waals surface area contributed by atoms with Crippen molar-refractivity contribution in [3.8, 4) is 11.3 Å². The molecule has 29 heavy (non-hydrogen) atoms. The zero-order chi connectivity index (χ0) is 20.9. The minimum absolute atomic E-state index is 0.0108. The molecule has 1 aromatic carbocycles. The van der Waals surface area contributed by atoms with Crippen LogP contribution in [0.15, 0.2) is 34.9 Å². The van der Waals surface area contributed by atoms with Crippen molar-refractivity contribution in [1.82, 2.24) is 15.4 Å². The summed E-state index contributed by atoms with van der Waals surface area (Å²) in [5.41, 5.74) is 0.654. The van der Waals surface area contributed by atoms with Crippen molar-refractivity contribution in [3.05, 3.63) is 41.9 Å². The van der Waals surface area contributed by atoms with E-state index in [2.05, 4.69) is 10.5 Å². The van der Waals surface area contributed by atoms with Gasteiger partial charge in [0.05, 0.1) is 12.0 Å². The molecule has 0 saturated carbocycles. The lowest BCUT2D eigenvalue weighted by Crippen LogP contribution is -2.51. The number of nitrogens with zero attached hydrogens (tertiary/aromatic N) is 2. The Balaban J connectivity index is 1.77. The Labute approximate surface area is 169 Å². The van der Waals surface area contributed by atoms with Gasteiger partial charge in [0.2, 0.25) is 11.8 Å². The summed E-state index contributed by atoms with van der Waals surface area (Å²) < 4.78 is 23.7. The maximum Gasteiger partial charge on any atom is 0.226 e. The molecule has 0 spiro atoms. The first kappa shape index (κ1) is 21.0. The number of carbonyl (C=O) groups is 2. The van der Waals surface area contributed by atoms with Gasteiger partial charge in [-0.2, -0.15) is 0 Å². The number of methoxy groups -OCH3 is 1. The molecule has 7 nitrogen and oxygen atoms in total. The molecule has 2 aromatic rings. The SMILES string of the molecule is COCCNC(=O)C1(Cc2cc(-c3ccc(F)cc3)no2)CCN(C(C)=O)CC1. The van der Waals surface area contributed by atoms with E-state index in [0.29, 0.717) is 57.0 Å². The number of rotatable bonds is 7. The summed E-state index contributed by atoms with van der Waals surface area (Å²) in [5.74, 6) is 0.206. The molecular formula is C21H26FN3O4. The number of likely N-dealkylation sites (tertiary alicyclic amines) is 1. The zero-order valence-electron chi connectivity index (χ0n) is 16.7. The molecule has 1 saturated heterocycles. The van der Waals surface area contributed by atoms with Crippen LogP contribution in [0, 0.1) is 11.2 Å². The molecule has 1 N–H and O–H groups in total. The van der Waals surface area contributed by atoms with Gasteiger partial charge >= 0.3 is 0 Å². The monoisotopic (exact) mass is 403 g/mol. The highest BCUT2D eigenvalue weighted by molar-refractivity contribution is 5.83. The van der Waals surface area contributed by atoms with E-state index in [9.17, 15) is 14.0 Å². The second-order valence-corrected chi connectivity index (χ2v) is 7.40. The number of hydrogen-bond acceptors (Lipinski definition) is 5. The molecule has 1 aromatic heterocycles. The van der Waals surface area contributed by atoms with E-state index in [0.717, 1.165) is 5.56 Å². The Morgan fingerprint density at radius 2 is 1.97 bits per heavy atom. The van der Waals surface area contributed by atoms with E-state index in [1.54, 1.807) is 30.2 Å². The van der Waals surface area contributed by atoms with E-state index < -0.39 is 5.41 Å². The van der Waals surface area contributed by atoms with E-state index in [-0.39, 0.29) is 17.6 Å². The summed E-state index contributed by atoms with van der Waals surface area (Å²) in [4.78, 5) is 26.5. The molecule has 1 fully saturated rings. The molecule has 0 aliphatic carbocycles. The number of nitrogens with one attached hydrogen (secondary N) is 1. The molecule has 1 aliphatic heterocycles. The van der Waals surface area contributed by atoms with Crippen LogP contribution in [0.5, 0.6) is 0 Å². The average molecular weight is 403 g/mol. The van der Waals surface area contributed by atoms with Crippen LogP contribution < -0.4 is 5.32 Å². The summed E-state index contributed by atoms with van der Waals surface area (Å²) in [7, 11) is 1.58. The highest BCUT2D eigenvalue weighted by Gasteiger charge is 2.42. The molecule has 1 aliphatic rings. The fourth-order valence-corrected chi connectivity index (χ4v) is 3.67. The maximum absolute atomic E-state index is 13.1. The van der Waals surface area contributed by atoms with Gasteiger partial charge < -0.3 is 19.5 Å². The van der Waals surface area contributed by atoms with Crippen molar-refractivity contribution in [2.75, 3.05) is 33.4 Å². The van der Waals surface area contributed by atoms with Gasteiger partial charge in [-0.05, 0) is 37.1 Å². The lowest BCUT2D eigenvalue weighted by molar-refractivity contribution is -0.139. The highest BCUT2D eigenvalue weighted by Crippen LogP contribution is 2.36. The second kappa shape index (κ2) is 9.17. The molecule has 8 heteroatoms. The van der Waals surface area contributed by atoms with Crippen LogP contribution in [0.1, 0.15) is 25.5 Å². The number of benzene rings is 1. The van der Waals surface area contributed by atoms with Crippen molar-refractivity contribution in [1.29, 1.82) is 0 Å². The first-order chi connectivity index (χ1) is 13.9. The molecule has 0 atom stereocenters. The Hall–Kier alpha value is -2.74. The van der Waals surface area contributed by atoms with Gasteiger partial charge in [0.1, 0.15) is 17.3 Å². The van der Waals surface area contributed by atoms with Crippen LogP contribution in [0.25, 0.3) is 11.3 Å². The Morgan fingerprint density at radius 3 is 2.59 bits per heavy atom. The van der Waals surface area contributed by atoms with Gasteiger partial charge in [-0.1, -0.05) is 5.16 Å². The first-order valence-electron chi connectivity index (χ1n) is 9.68. The molecule has 156 valence electrons. The maximum atomic E-state index is 13.1. The summed E-state index contributed by atoms with van der Waals surface area (Å²) in [6.07, 6.45) is 1.46. The van der Waals surface area contributed by atoms with Crippen LogP contribution in [-0.2, 0) is 20.7 Å². The van der Waals surface area contributed by atoms with E-state index in [1.807, 2.05) is 0 Å². The van der Waals surface area contributed by atoms with Crippen molar-refractivity contribution in [2.45, 2.75) is 26.2 Å². The minimum Gasteiger partial charge on any atom is -0.383 e. The predicted molar refractivity (Wildman–Crippen MR) is 104 cm³/mol. The molecule has 2 heterocycles. The third kappa shape index (κ3) is 5.00. The number of halogens is 1. The van der Waals surface area contributed by atoms with Gasteiger partial charge in [-0.25, -0.2) is 4.39 Å². The van der Waals surface area contributed by atoms with Crippen LogP contribution in [0.3, 0.4) is 0 Å². The van der Waals surface area contributed by atoms with Crippen molar-refractivity contribution in [2.24, 2.45) is 5.41 Å². The van der Waals surface area contributed by atoms with E-state index in [4.69, 9.17) is 9.26 Å². The fraction of sp³-hybridized carbons (Fsp3) is 0.476. The number of hydrogen-bond donors (Lipinski definition) is 1. The standard InChI is InChI=1S/C21H26FN3O4/c1-15(26)25-10-7-21(8-11-25,20(27)23-9-12-28-2)14-18-13-19(24-29-18)16-3-5-17(22)6-4-16/h3-6,13H,7-12,14H2,1-2H3,(H,23,27). The highest BCUT2D eigenvalue weighted by atomic mass is 19.1. The van der Waals surface area contributed by atoms with E-state index >= 15 is 0 Å². The van der Waals surface area contributed by atoms with Crippen LogP contribution in [0.2, 0.25) is 0 Å². The Bertz CT molecular complexity index is 842. The fourth-order valence-electron chi connectivity index (χ4n) is 3.67. The average Bonchev–Trinajstić information content (AvgIpc) is 3.17. The normalized spacial score (nSPS) is 15.9. The zero-order valence-corrected chi connectivity index (χ0v) is 16.7. The van der Waals surface area contributed by atoms with Crippen molar-refractivity contribution in [3.63, 3.8) is 0 Å². The van der Waals surface area contributed by atoms with Crippen LogP contribution >= 0.6 is 0 Å². The Kier molecular flexibility index (Phi) is 6.64. The van der Waals surface area contributed by atoms with Gasteiger partial charge in [0.25, 0.3) is 0 Å². The van der Waals surface area contributed by atoms with Gasteiger partial charge in [0.15, 0.2) is 0 Å². The van der Waals surface area contributed by atoms with Gasteiger partial charge in [-0.15, -0.1) is 0 Å². The third-order valence-corrected chi connectivity index (χ3v) is 5.45. The second-order valence-electron chi connectivity index (χ2n) is 7.40. The third-order valence-electron chi connectivity index (χ3n) is 5.45. The number of amides is 2. The molecule has 3 rings (SSSR count). The summed E-state index contributed by atoms with van der Waals surface area (Å²) in [6.45, 7) is 3.43. The van der Waals surface area contributed by atoms with Crippen LogP contribution in [0.4, 0.5) is 4.39 Å². The minimum atomic E-state index is -0.681. The molecule has 0 bridgehead atoms. The molecular weight excluding hydrogens is 377 g/mol. The topological polar surface area (TPSA) is 84.7 Å². The lowest BCUT2D eigenvalue weighted by atomic mass is 9.74. The van der Waals surface area contributed by atoms with Crippen molar-refractivity contribution >= 4 is 11.8 Å². The Morgan fingerprint density at radius 1 is 1.28 bits per heavy atom. The smallest absolute Gasteiger partial charge is 0.226 e. The van der Waals surface area contributed by atoms with Crippen LogP contribution in [-0.4, -0.2) is 55.2 Å². The number of aromatic nitrogens is 1. The molecule has 0 unspecified atom stereocenters.